The summed E-state index contributed by atoms with van der Waals surface area (Å²) in [7, 11) is 0. The van der Waals surface area contributed by atoms with Crippen molar-refractivity contribution in [2.45, 2.75) is 0 Å². The molecule has 1 amide bonds. The highest BCUT2D eigenvalue weighted by molar-refractivity contribution is 7.21. The molecule has 3 aromatic carbocycles. The van der Waals surface area contributed by atoms with Crippen molar-refractivity contribution in [3.63, 3.8) is 0 Å². The summed E-state index contributed by atoms with van der Waals surface area (Å²) in [5.74, 6) is 0.303. The Morgan fingerprint density at radius 3 is 2.35 bits per heavy atom. The average molecular weight is 465 g/mol. The summed E-state index contributed by atoms with van der Waals surface area (Å²) >= 11 is 14.2. The third-order valence-corrected chi connectivity index (χ3v) is 6.80. The molecule has 7 heteroatoms. The van der Waals surface area contributed by atoms with Gasteiger partial charge in [-0.05, 0) is 54.1 Å². The van der Waals surface area contributed by atoms with E-state index in [4.69, 9.17) is 23.2 Å². The van der Waals surface area contributed by atoms with Crippen molar-refractivity contribution in [3.8, 4) is 5.75 Å². The molecule has 1 aliphatic heterocycles. The number of phenolic OH excluding ortho intramolecular Hbond substituents is 1. The van der Waals surface area contributed by atoms with Crippen molar-refractivity contribution in [2.75, 3.05) is 4.90 Å². The predicted molar refractivity (Wildman–Crippen MR) is 128 cm³/mol. The van der Waals surface area contributed by atoms with E-state index in [0.717, 1.165) is 15.6 Å². The van der Waals surface area contributed by atoms with Gasteiger partial charge in [0.25, 0.3) is 5.91 Å². The van der Waals surface area contributed by atoms with Crippen LogP contribution in [0.2, 0.25) is 10.0 Å². The number of halogens is 2. The maximum atomic E-state index is 13.4. The van der Waals surface area contributed by atoms with Gasteiger partial charge in [-0.15, -0.1) is 11.3 Å². The van der Waals surface area contributed by atoms with Gasteiger partial charge in [0.15, 0.2) is 5.84 Å². The van der Waals surface area contributed by atoms with Crippen molar-refractivity contribution < 1.29 is 9.90 Å². The molecule has 0 spiro atoms. The number of rotatable bonds is 3. The van der Waals surface area contributed by atoms with Gasteiger partial charge in [0.05, 0.1) is 15.6 Å². The number of carbonyl (C=O) groups is 1. The molecule has 2 heterocycles. The highest BCUT2D eigenvalue weighted by Crippen LogP contribution is 2.39. The number of fused-ring (bicyclic) bond motifs is 1. The van der Waals surface area contributed by atoms with Gasteiger partial charge in [-0.2, -0.15) is 0 Å². The number of hydrogen-bond donors (Lipinski definition) is 1. The van der Waals surface area contributed by atoms with Crippen LogP contribution in [0.15, 0.2) is 83.5 Å². The number of phenols is 1. The fourth-order valence-electron chi connectivity index (χ4n) is 3.38. The Morgan fingerprint density at radius 1 is 0.935 bits per heavy atom. The molecule has 0 unspecified atom stereocenters. The second-order valence-electron chi connectivity index (χ2n) is 6.91. The van der Waals surface area contributed by atoms with E-state index < -0.39 is 0 Å². The van der Waals surface area contributed by atoms with E-state index in [0.29, 0.717) is 32.1 Å². The normalized spacial score (nSPS) is 15.2. The topological polar surface area (TPSA) is 52.9 Å². The minimum Gasteiger partial charge on any atom is -0.508 e. The average Bonchev–Trinajstić information content (AvgIpc) is 3.28. The summed E-state index contributed by atoms with van der Waals surface area (Å²) in [6.45, 7) is 0. The number of amides is 1. The molecule has 1 aliphatic rings. The second kappa shape index (κ2) is 7.85. The first kappa shape index (κ1) is 19.8. The van der Waals surface area contributed by atoms with Gasteiger partial charge in [-0.1, -0.05) is 53.5 Å². The minimum absolute atomic E-state index is 0.116. The first-order chi connectivity index (χ1) is 15.0. The SMILES string of the molecule is O=C1/C(=C\c2ccc(Cl)cc2)N=C(c2sc3ccccc3c2Cl)N1c1ccc(O)cc1. The van der Waals surface area contributed by atoms with Gasteiger partial charge in [0, 0.05) is 15.1 Å². The van der Waals surface area contributed by atoms with Crippen LogP contribution in [0.3, 0.4) is 0 Å². The Labute approximate surface area is 192 Å². The molecular formula is C24H14Cl2N2O2S. The Bertz CT molecular complexity index is 1370. The van der Waals surface area contributed by atoms with Crippen molar-refractivity contribution >= 4 is 68.1 Å². The van der Waals surface area contributed by atoms with Crippen LogP contribution in [0, 0.1) is 0 Å². The molecule has 31 heavy (non-hydrogen) atoms. The number of anilines is 1. The highest BCUT2D eigenvalue weighted by atomic mass is 35.5. The number of nitrogens with zero attached hydrogens (tertiary/aromatic N) is 2. The molecular weight excluding hydrogens is 451 g/mol. The van der Waals surface area contributed by atoms with Crippen molar-refractivity contribution in [2.24, 2.45) is 4.99 Å². The van der Waals surface area contributed by atoms with Gasteiger partial charge in [0.1, 0.15) is 11.4 Å². The smallest absolute Gasteiger partial charge is 0.282 e. The Morgan fingerprint density at radius 2 is 1.65 bits per heavy atom. The van der Waals surface area contributed by atoms with Crippen molar-refractivity contribution in [3.05, 3.63) is 99.0 Å². The molecule has 152 valence electrons. The van der Waals surface area contributed by atoms with E-state index in [2.05, 4.69) is 4.99 Å². The Balaban J connectivity index is 1.68. The summed E-state index contributed by atoms with van der Waals surface area (Å²) in [6.07, 6.45) is 1.72. The summed E-state index contributed by atoms with van der Waals surface area (Å²) in [5, 5.41) is 11.8. The van der Waals surface area contributed by atoms with E-state index in [1.54, 1.807) is 30.3 Å². The van der Waals surface area contributed by atoms with Crippen molar-refractivity contribution in [1.82, 2.24) is 0 Å². The van der Waals surface area contributed by atoms with E-state index in [9.17, 15) is 9.90 Å². The lowest BCUT2D eigenvalue weighted by molar-refractivity contribution is -0.113. The van der Waals surface area contributed by atoms with Crippen LogP contribution in [0.25, 0.3) is 16.2 Å². The first-order valence-electron chi connectivity index (χ1n) is 9.38. The third-order valence-electron chi connectivity index (χ3n) is 4.88. The third kappa shape index (κ3) is 3.61. The zero-order valence-electron chi connectivity index (χ0n) is 15.9. The standard InChI is InChI=1S/C24H14Cl2N2O2S/c25-15-7-5-14(6-8-15)13-19-24(30)28(16-9-11-17(29)12-10-16)23(27-19)22-21(26)18-3-1-2-4-20(18)31-22/h1-13,29H/b19-13+. The lowest BCUT2D eigenvalue weighted by Gasteiger charge is -2.18. The van der Waals surface area contributed by atoms with E-state index in [-0.39, 0.29) is 11.7 Å². The highest BCUT2D eigenvalue weighted by Gasteiger charge is 2.34. The lowest BCUT2D eigenvalue weighted by atomic mass is 10.2. The number of aliphatic imine (C=N–C) groups is 1. The van der Waals surface area contributed by atoms with Crippen molar-refractivity contribution in [1.29, 1.82) is 0 Å². The molecule has 1 N–H and O–H groups in total. The molecule has 0 saturated heterocycles. The fourth-order valence-corrected chi connectivity index (χ4v) is 5.01. The van der Waals surface area contributed by atoms with Crippen LogP contribution < -0.4 is 4.90 Å². The fraction of sp³-hybridized carbons (Fsp3) is 0. The monoisotopic (exact) mass is 464 g/mol. The Hall–Kier alpha value is -3.12. The molecule has 0 bridgehead atoms. The number of thiophene rings is 1. The minimum atomic E-state index is -0.274. The number of benzene rings is 3. The maximum Gasteiger partial charge on any atom is 0.282 e. The number of aromatic hydroxyl groups is 1. The summed E-state index contributed by atoms with van der Waals surface area (Å²) in [4.78, 5) is 20.3. The molecule has 4 nitrogen and oxygen atoms in total. The summed E-state index contributed by atoms with van der Waals surface area (Å²) in [6, 6.07) is 21.4. The van der Waals surface area contributed by atoms with Crippen LogP contribution in [0.4, 0.5) is 5.69 Å². The van der Waals surface area contributed by atoms with Gasteiger partial charge >= 0.3 is 0 Å². The summed E-state index contributed by atoms with van der Waals surface area (Å²) < 4.78 is 1.01. The maximum absolute atomic E-state index is 13.4. The van der Waals surface area contributed by atoms with E-state index >= 15 is 0 Å². The molecule has 0 atom stereocenters. The van der Waals surface area contributed by atoms with Crippen LogP contribution in [0.5, 0.6) is 5.75 Å². The lowest BCUT2D eigenvalue weighted by Crippen LogP contribution is -2.32. The molecule has 0 radical (unpaired) electrons. The molecule has 0 saturated carbocycles. The van der Waals surface area contributed by atoms with Gasteiger partial charge in [-0.3, -0.25) is 9.69 Å². The molecule has 5 rings (SSSR count). The molecule has 0 aliphatic carbocycles. The van der Waals surface area contributed by atoms with E-state index in [1.165, 1.54) is 28.4 Å². The number of amidine groups is 1. The second-order valence-corrected chi connectivity index (χ2v) is 8.78. The number of hydrogen-bond acceptors (Lipinski definition) is 4. The molecule has 4 aromatic rings. The zero-order chi connectivity index (χ0) is 21.5. The quantitative estimate of drug-likeness (QED) is 0.341. The molecule has 1 aromatic heterocycles. The van der Waals surface area contributed by atoms with Gasteiger partial charge in [-0.25, -0.2) is 4.99 Å². The van der Waals surface area contributed by atoms with Crippen LogP contribution in [-0.2, 0) is 4.79 Å². The number of carbonyl (C=O) groups excluding carboxylic acids is 1. The van der Waals surface area contributed by atoms with Gasteiger partial charge < -0.3 is 5.11 Å². The van der Waals surface area contributed by atoms with E-state index in [1.807, 2.05) is 36.4 Å². The van der Waals surface area contributed by atoms with Gasteiger partial charge in [0.2, 0.25) is 0 Å². The molecule has 0 fully saturated rings. The Kier molecular flexibility index (Phi) is 5.02. The predicted octanol–water partition coefficient (Wildman–Crippen LogP) is 6.75. The van der Waals surface area contributed by atoms with Crippen LogP contribution in [0.1, 0.15) is 10.4 Å². The van der Waals surface area contributed by atoms with Crippen LogP contribution in [-0.4, -0.2) is 16.8 Å². The zero-order valence-corrected chi connectivity index (χ0v) is 18.2. The first-order valence-corrected chi connectivity index (χ1v) is 11.0. The summed E-state index contributed by atoms with van der Waals surface area (Å²) in [5.41, 5.74) is 1.69. The largest absolute Gasteiger partial charge is 0.508 e. The van der Waals surface area contributed by atoms with Crippen LogP contribution >= 0.6 is 34.5 Å².